The van der Waals surface area contributed by atoms with Gasteiger partial charge in [-0.05, 0) is 48.4 Å². The molecule has 2 aromatic rings. The van der Waals surface area contributed by atoms with Crippen LogP contribution in [0.4, 0.5) is 5.69 Å². The molecule has 6 nitrogen and oxygen atoms in total. The highest BCUT2D eigenvalue weighted by Gasteiger charge is 2.23. The Bertz CT molecular complexity index is 755. The summed E-state index contributed by atoms with van der Waals surface area (Å²) in [5, 5.41) is 11.7. The van der Waals surface area contributed by atoms with Crippen LogP contribution >= 0.6 is 11.3 Å². The van der Waals surface area contributed by atoms with E-state index >= 15 is 0 Å². The van der Waals surface area contributed by atoms with E-state index in [1.807, 2.05) is 24.3 Å². The molecule has 1 amide bonds. The van der Waals surface area contributed by atoms with Gasteiger partial charge in [0.05, 0.1) is 0 Å². The molecule has 0 spiro atoms. The van der Waals surface area contributed by atoms with Gasteiger partial charge in [0.15, 0.2) is 5.96 Å². The molecule has 1 fully saturated rings. The van der Waals surface area contributed by atoms with E-state index in [0.29, 0.717) is 13.2 Å². The number of nitrogens with zero attached hydrogens (tertiary/aromatic N) is 1. The van der Waals surface area contributed by atoms with Crippen LogP contribution in [0.15, 0.2) is 46.8 Å². The van der Waals surface area contributed by atoms with E-state index in [9.17, 15) is 4.79 Å². The Morgan fingerprint density at radius 3 is 2.96 bits per heavy atom. The van der Waals surface area contributed by atoms with Gasteiger partial charge in [0.1, 0.15) is 6.10 Å². The Kier molecular flexibility index (Phi) is 7.24. The van der Waals surface area contributed by atoms with Crippen LogP contribution < -0.4 is 16.0 Å². The van der Waals surface area contributed by atoms with Gasteiger partial charge in [-0.25, -0.2) is 0 Å². The highest BCUT2D eigenvalue weighted by atomic mass is 32.1. The van der Waals surface area contributed by atoms with Crippen molar-refractivity contribution >= 4 is 28.9 Å². The van der Waals surface area contributed by atoms with Gasteiger partial charge in [-0.3, -0.25) is 9.79 Å². The van der Waals surface area contributed by atoms with Crippen LogP contribution in [-0.2, 0) is 22.5 Å². The van der Waals surface area contributed by atoms with E-state index in [2.05, 4.69) is 38.5 Å². The van der Waals surface area contributed by atoms with Gasteiger partial charge in [0.2, 0.25) is 0 Å². The lowest BCUT2D eigenvalue weighted by Crippen LogP contribution is -2.37. The number of benzene rings is 1. The van der Waals surface area contributed by atoms with Gasteiger partial charge in [0.25, 0.3) is 5.91 Å². The van der Waals surface area contributed by atoms with Crippen LogP contribution in [0.2, 0.25) is 0 Å². The lowest BCUT2D eigenvalue weighted by atomic mass is 10.2. The molecule has 2 heterocycles. The third kappa shape index (κ3) is 6.08. The first-order valence-electron chi connectivity index (χ1n) is 9.23. The summed E-state index contributed by atoms with van der Waals surface area (Å²) < 4.78 is 5.43. The number of amides is 1. The van der Waals surface area contributed by atoms with E-state index < -0.39 is 0 Å². The zero-order valence-electron chi connectivity index (χ0n) is 15.5. The zero-order chi connectivity index (χ0) is 18.9. The van der Waals surface area contributed by atoms with Gasteiger partial charge in [-0.2, -0.15) is 0 Å². The number of hydrogen-bond donors (Lipinski definition) is 3. The number of nitrogens with one attached hydrogen (secondary N) is 3. The summed E-state index contributed by atoms with van der Waals surface area (Å²) in [4.78, 5) is 17.8. The lowest BCUT2D eigenvalue weighted by Gasteiger charge is -2.13. The molecule has 1 atom stereocenters. The van der Waals surface area contributed by atoms with Crippen LogP contribution in [0.25, 0.3) is 0 Å². The Morgan fingerprint density at radius 2 is 2.22 bits per heavy atom. The van der Waals surface area contributed by atoms with E-state index in [1.54, 1.807) is 18.4 Å². The zero-order valence-corrected chi connectivity index (χ0v) is 16.3. The molecular formula is C20H26N4O2S. The quantitative estimate of drug-likeness (QED) is 0.505. The Morgan fingerprint density at radius 1 is 1.30 bits per heavy atom. The van der Waals surface area contributed by atoms with E-state index in [4.69, 9.17) is 4.74 Å². The highest BCUT2D eigenvalue weighted by molar-refractivity contribution is 7.09. The molecule has 0 radical (unpaired) electrons. The Balaban J connectivity index is 1.45. The Labute approximate surface area is 164 Å². The van der Waals surface area contributed by atoms with Crippen LogP contribution in [-0.4, -0.2) is 38.2 Å². The fourth-order valence-electron chi connectivity index (χ4n) is 2.93. The SMILES string of the molecule is CN=C(NCCc1cccs1)NCc1cccc(NC(=O)C2CCCO2)c1. The molecule has 7 heteroatoms. The van der Waals surface area contributed by atoms with Crippen molar-refractivity contribution in [2.75, 3.05) is 25.5 Å². The number of carbonyl (C=O) groups is 1. The second-order valence-electron chi connectivity index (χ2n) is 6.37. The molecule has 0 saturated carbocycles. The predicted octanol–water partition coefficient (Wildman–Crippen LogP) is 2.77. The van der Waals surface area contributed by atoms with Crippen molar-refractivity contribution in [1.29, 1.82) is 0 Å². The monoisotopic (exact) mass is 386 g/mol. The largest absolute Gasteiger partial charge is 0.368 e. The van der Waals surface area contributed by atoms with Crippen molar-refractivity contribution in [3.05, 3.63) is 52.2 Å². The smallest absolute Gasteiger partial charge is 0.253 e. The second kappa shape index (κ2) is 10.1. The van der Waals surface area contributed by atoms with Gasteiger partial charge in [-0.15, -0.1) is 11.3 Å². The number of hydrogen-bond acceptors (Lipinski definition) is 4. The van der Waals surface area contributed by atoms with Gasteiger partial charge in [0, 0.05) is 37.3 Å². The van der Waals surface area contributed by atoms with Crippen LogP contribution in [0, 0.1) is 0 Å². The minimum absolute atomic E-state index is 0.0661. The standard InChI is InChI=1S/C20H26N4O2S/c1-21-20(22-10-9-17-7-4-12-27-17)23-14-15-5-2-6-16(13-15)24-19(25)18-8-3-11-26-18/h2,4-7,12-13,18H,3,8-11,14H2,1H3,(H,24,25)(H2,21,22,23). The maximum atomic E-state index is 12.2. The topological polar surface area (TPSA) is 74.8 Å². The summed E-state index contributed by atoms with van der Waals surface area (Å²) in [6.07, 6.45) is 2.39. The van der Waals surface area contributed by atoms with Crippen molar-refractivity contribution in [3.8, 4) is 0 Å². The van der Waals surface area contributed by atoms with E-state index in [-0.39, 0.29) is 12.0 Å². The summed E-state index contributed by atoms with van der Waals surface area (Å²) >= 11 is 1.76. The predicted molar refractivity (Wildman–Crippen MR) is 110 cm³/mol. The molecule has 3 N–H and O–H groups in total. The number of rotatable bonds is 7. The molecule has 0 bridgehead atoms. The van der Waals surface area contributed by atoms with Gasteiger partial charge >= 0.3 is 0 Å². The molecule has 1 aliphatic rings. The van der Waals surface area contributed by atoms with Gasteiger partial charge < -0.3 is 20.7 Å². The first-order valence-corrected chi connectivity index (χ1v) is 10.1. The number of ether oxygens (including phenoxy) is 1. The summed E-state index contributed by atoms with van der Waals surface area (Å²) in [5.41, 5.74) is 1.86. The van der Waals surface area contributed by atoms with Crippen LogP contribution in [0.5, 0.6) is 0 Å². The molecule has 3 rings (SSSR count). The lowest BCUT2D eigenvalue weighted by molar-refractivity contribution is -0.124. The molecule has 1 unspecified atom stereocenters. The number of carbonyl (C=O) groups excluding carboxylic acids is 1. The molecule has 1 aliphatic heterocycles. The first kappa shape index (κ1) is 19.4. The van der Waals surface area contributed by atoms with E-state index in [0.717, 1.165) is 43.0 Å². The summed E-state index contributed by atoms with van der Waals surface area (Å²) in [7, 11) is 1.76. The van der Waals surface area contributed by atoms with Crippen LogP contribution in [0.1, 0.15) is 23.3 Å². The maximum absolute atomic E-state index is 12.2. The summed E-state index contributed by atoms with van der Waals surface area (Å²) in [6.45, 7) is 2.13. The maximum Gasteiger partial charge on any atom is 0.253 e. The third-order valence-corrected chi connectivity index (χ3v) is 5.28. The van der Waals surface area contributed by atoms with Crippen molar-refractivity contribution < 1.29 is 9.53 Å². The van der Waals surface area contributed by atoms with Crippen molar-refractivity contribution in [1.82, 2.24) is 10.6 Å². The Hall–Kier alpha value is -2.38. The third-order valence-electron chi connectivity index (χ3n) is 4.34. The molecular weight excluding hydrogens is 360 g/mol. The average Bonchev–Trinajstić information content (AvgIpc) is 3.38. The fraction of sp³-hybridized carbons (Fsp3) is 0.400. The first-order chi connectivity index (χ1) is 13.2. The summed E-state index contributed by atoms with van der Waals surface area (Å²) in [6, 6.07) is 12.0. The van der Waals surface area contributed by atoms with Crippen molar-refractivity contribution in [2.45, 2.75) is 31.9 Å². The minimum atomic E-state index is -0.321. The number of anilines is 1. The van der Waals surface area contributed by atoms with E-state index in [1.165, 1.54) is 4.88 Å². The molecule has 1 aromatic heterocycles. The molecule has 1 aromatic carbocycles. The van der Waals surface area contributed by atoms with Crippen LogP contribution in [0.3, 0.4) is 0 Å². The molecule has 27 heavy (non-hydrogen) atoms. The van der Waals surface area contributed by atoms with Crippen molar-refractivity contribution in [3.63, 3.8) is 0 Å². The number of thiophene rings is 1. The fourth-order valence-corrected chi connectivity index (χ4v) is 3.64. The van der Waals surface area contributed by atoms with Gasteiger partial charge in [-0.1, -0.05) is 18.2 Å². The average molecular weight is 387 g/mol. The number of guanidine groups is 1. The normalized spacial score (nSPS) is 16.9. The molecule has 0 aliphatic carbocycles. The number of aliphatic imine (C=N–C) groups is 1. The highest BCUT2D eigenvalue weighted by Crippen LogP contribution is 2.16. The molecule has 144 valence electrons. The second-order valence-corrected chi connectivity index (χ2v) is 7.41. The summed E-state index contributed by atoms with van der Waals surface area (Å²) in [5.74, 6) is 0.698. The van der Waals surface area contributed by atoms with Crippen molar-refractivity contribution in [2.24, 2.45) is 4.99 Å². The minimum Gasteiger partial charge on any atom is -0.368 e. The molecule has 1 saturated heterocycles.